The topological polar surface area (TPSA) is 36.3 Å². The predicted octanol–water partition coefficient (Wildman–Crippen LogP) is 4.17. The number of nitrogens with zero attached hydrogens (tertiary/aromatic N) is 2. The zero-order valence-corrected chi connectivity index (χ0v) is 14.0. The molecule has 0 radical (unpaired) electrons. The Balaban J connectivity index is 2.16. The number of hydrogen-bond acceptors (Lipinski definition) is 3. The summed E-state index contributed by atoms with van der Waals surface area (Å²) in [7, 11) is 4.12. The number of benzene rings is 1. The van der Waals surface area contributed by atoms with Crippen LogP contribution >= 0.6 is 0 Å². The fraction of sp³-hybridized carbons (Fsp3) is 0.632. The van der Waals surface area contributed by atoms with Gasteiger partial charge >= 0.3 is 0 Å². The van der Waals surface area contributed by atoms with Gasteiger partial charge in [0.15, 0.2) is 0 Å². The van der Waals surface area contributed by atoms with E-state index in [-0.39, 0.29) is 18.2 Å². The minimum absolute atomic E-state index is 0.0669. The van der Waals surface area contributed by atoms with Crippen molar-refractivity contribution in [2.75, 3.05) is 14.1 Å². The van der Waals surface area contributed by atoms with Crippen molar-refractivity contribution in [1.82, 2.24) is 4.90 Å². The van der Waals surface area contributed by atoms with E-state index in [1.165, 1.54) is 19.3 Å². The van der Waals surface area contributed by atoms with E-state index >= 15 is 0 Å². The van der Waals surface area contributed by atoms with Gasteiger partial charge in [0.05, 0.1) is 12.2 Å². The maximum Gasteiger partial charge on any atom is 0.147 e. The normalized spacial score (nSPS) is 20.3. The molecule has 1 saturated carbocycles. The quantitative estimate of drug-likeness (QED) is 0.791. The van der Waals surface area contributed by atoms with Gasteiger partial charge in [-0.15, -0.1) is 0 Å². The Bertz CT molecular complexity index is 474. The summed E-state index contributed by atoms with van der Waals surface area (Å²) in [6, 6.07) is 12.9. The van der Waals surface area contributed by atoms with E-state index in [1.807, 2.05) is 18.2 Å². The van der Waals surface area contributed by atoms with Crippen LogP contribution < -0.4 is 0 Å². The standard InChI is InChI=1S/C19H28N2O/c1-15(21(2)3)19(17-12-8-5-9-13-17)22-18(14-20)16-10-6-4-7-11-16/h5,8-9,12-13,15-16,18-19H,4,6-7,10-11H2,1-3H3/t15-,18-,19-/m0/s1. The lowest BCUT2D eigenvalue weighted by Gasteiger charge is -2.34. The Morgan fingerprint density at radius 2 is 1.77 bits per heavy atom. The van der Waals surface area contributed by atoms with Crippen LogP contribution in [0, 0.1) is 17.2 Å². The van der Waals surface area contributed by atoms with Crippen LogP contribution in [-0.2, 0) is 4.74 Å². The summed E-state index contributed by atoms with van der Waals surface area (Å²) in [6.07, 6.45) is 5.63. The van der Waals surface area contributed by atoms with Crippen LogP contribution in [0.5, 0.6) is 0 Å². The van der Waals surface area contributed by atoms with E-state index in [2.05, 4.69) is 44.1 Å². The Labute approximate surface area is 134 Å². The molecule has 1 aromatic carbocycles. The second-order valence-corrected chi connectivity index (χ2v) is 6.62. The van der Waals surface area contributed by atoms with Crippen LogP contribution in [0.3, 0.4) is 0 Å². The van der Waals surface area contributed by atoms with E-state index in [9.17, 15) is 5.26 Å². The molecule has 1 aromatic rings. The van der Waals surface area contributed by atoms with E-state index in [1.54, 1.807) is 0 Å². The summed E-state index contributed by atoms with van der Waals surface area (Å²) in [5.41, 5.74) is 1.15. The van der Waals surface area contributed by atoms with E-state index in [4.69, 9.17) is 4.74 Å². The number of rotatable bonds is 6. The Hall–Kier alpha value is -1.37. The highest BCUT2D eigenvalue weighted by Gasteiger charge is 2.30. The Morgan fingerprint density at radius 1 is 1.14 bits per heavy atom. The molecule has 0 heterocycles. The molecule has 0 N–H and O–H groups in total. The molecule has 0 aliphatic heterocycles. The van der Waals surface area contributed by atoms with Gasteiger partial charge < -0.3 is 9.64 Å². The van der Waals surface area contributed by atoms with Crippen LogP contribution in [0.25, 0.3) is 0 Å². The van der Waals surface area contributed by atoms with E-state index < -0.39 is 0 Å². The Morgan fingerprint density at radius 3 is 2.32 bits per heavy atom. The third kappa shape index (κ3) is 4.32. The van der Waals surface area contributed by atoms with Gasteiger partial charge in [0.1, 0.15) is 6.10 Å². The molecule has 22 heavy (non-hydrogen) atoms. The summed E-state index contributed by atoms with van der Waals surface area (Å²) in [5, 5.41) is 9.61. The third-order valence-electron chi connectivity index (χ3n) is 4.88. The summed E-state index contributed by atoms with van der Waals surface area (Å²) in [6.45, 7) is 2.16. The van der Waals surface area contributed by atoms with Gasteiger partial charge in [-0.3, -0.25) is 0 Å². The molecule has 0 bridgehead atoms. The van der Waals surface area contributed by atoms with Crippen LogP contribution in [0.4, 0.5) is 0 Å². The van der Waals surface area contributed by atoms with Gasteiger partial charge in [0.25, 0.3) is 0 Å². The molecule has 0 amide bonds. The minimum Gasteiger partial charge on any atom is -0.353 e. The van der Waals surface area contributed by atoms with Gasteiger partial charge in [0.2, 0.25) is 0 Å². The van der Waals surface area contributed by atoms with Crippen molar-refractivity contribution < 1.29 is 4.74 Å². The number of likely N-dealkylation sites (N-methyl/N-ethyl adjacent to an activating group) is 1. The molecule has 0 spiro atoms. The third-order valence-corrected chi connectivity index (χ3v) is 4.88. The summed E-state index contributed by atoms with van der Waals surface area (Å²) >= 11 is 0. The van der Waals surface area contributed by atoms with Crippen LogP contribution in [0.1, 0.15) is 50.7 Å². The van der Waals surface area contributed by atoms with Crippen molar-refractivity contribution in [3.63, 3.8) is 0 Å². The number of ether oxygens (including phenoxy) is 1. The monoisotopic (exact) mass is 300 g/mol. The highest BCUT2D eigenvalue weighted by Crippen LogP contribution is 2.32. The molecule has 3 atom stereocenters. The van der Waals surface area contributed by atoms with Gasteiger partial charge in [-0.05, 0) is 45.3 Å². The smallest absolute Gasteiger partial charge is 0.147 e. The number of hydrogen-bond donors (Lipinski definition) is 0. The van der Waals surface area contributed by atoms with Gasteiger partial charge in [0, 0.05) is 6.04 Å². The fourth-order valence-electron chi connectivity index (χ4n) is 3.23. The lowest BCUT2D eigenvalue weighted by molar-refractivity contribution is -0.0536. The number of nitriles is 1. The van der Waals surface area contributed by atoms with Crippen LogP contribution in [0.15, 0.2) is 30.3 Å². The molecule has 1 aliphatic rings. The molecule has 2 rings (SSSR count). The first-order valence-electron chi connectivity index (χ1n) is 8.40. The van der Waals surface area contributed by atoms with Crippen LogP contribution in [0.2, 0.25) is 0 Å². The lowest BCUT2D eigenvalue weighted by Crippen LogP contribution is -2.36. The van der Waals surface area contributed by atoms with Gasteiger partial charge in [-0.25, -0.2) is 0 Å². The average molecular weight is 300 g/mol. The van der Waals surface area contributed by atoms with E-state index in [0.717, 1.165) is 18.4 Å². The predicted molar refractivity (Wildman–Crippen MR) is 89.4 cm³/mol. The first-order chi connectivity index (χ1) is 10.6. The Kier molecular flexibility index (Phi) is 6.42. The molecule has 3 heteroatoms. The SMILES string of the molecule is C[C@@H]([C@H](O[C@@H](C#N)C1CCCCC1)c1ccccc1)N(C)C. The first kappa shape index (κ1) is 17.0. The van der Waals surface area contributed by atoms with Crippen molar-refractivity contribution in [3.8, 4) is 6.07 Å². The van der Waals surface area contributed by atoms with Gasteiger partial charge in [-0.1, -0.05) is 49.6 Å². The summed E-state index contributed by atoms with van der Waals surface area (Å²) in [4.78, 5) is 2.16. The van der Waals surface area contributed by atoms with Crippen molar-refractivity contribution >= 4 is 0 Å². The summed E-state index contributed by atoms with van der Waals surface area (Å²) in [5.74, 6) is 0.388. The molecule has 120 valence electrons. The molecule has 0 saturated heterocycles. The second kappa shape index (κ2) is 8.31. The molecule has 0 unspecified atom stereocenters. The maximum absolute atomic E-state index is 9.61. The first-order valence-corrected chi connectivity index (χ1v) is 8.40. The van der Waals surface area contributed by atoms with Crippen molar-refractivity contribution in [1.29, 1.82) is 5.26 Å². The largest absolute Gasteiger partial charge is 0.353 e. The highest BCUT2D eigenvalue weighted by molar-refractivity contribution is 5.19. The molecule has 3 nitrogen and oxygen atoms in total. The zero-order chi connectivity index (χ0) is 15.9. The van der Waals surface area contributed by atoms with Crippen molar-refractivity contribution in [2.24, 2.45) is 5.92 Å². The lowest BCUT2D eigenvalue weighted by atomic mass is 9.85. The van der Waals surface area contributed by atoms with Crippen molar-refractivity contribution in [3.05, 3.63) is 35.9 Å². The minimum atomic E-state index is -0.298. The molecule has 1 aliphatic carbocycles. The molecular weight excluding hydrogens is 272 g/mol. The van der Waals surface area contributed by atoms with E-state index in [0.29, 0.717) is 5.92 Å². The fourth-order valence-corrected chi connectivity index (χ4v) is 3.23. The van der Waals surface area contributed by atoms with Crippen LogP contribution in [-0.4, -0.2) is 31.1 Å². The molecular formula is C19H28N2O. The van der Waals surface area contributed by atoms with Crippen molar-refractivity contribution in [2.45, 2.75) is 57.3 Å². The average Bonchev–Trinajstić information content (AvgIpc) is 2.57. The highest BCUT2D eigenvalue weighted by atomic mass is 16.5. The second-order valence-electron chi connectivity index (χ2n) is 6.62. The van der Waals surface area contributed by atoms with Gasteiger partial charge in [-0.2, -0.15) is 5.26 Å². The molecule has 1 fully saturated rings. The zero-order valence-electron chi connectivity index (χ0n) is 14.0. The molecule has 0 aromatic heterocycles. The maximum atomic E-state index is 9.61. The summed E-state index contributed by atoms with van der Waals surface area (Å²) < 4.78 is 6.35.